The van der Waals surface area contributed by atoms with Crippen LogP contribution in [0.5, 0.6) is 0 Å². The molecule has 76 heavy (non-hydrogen) atoms. The standard InChI is InChI=1S/C56H78N12O8/c1-31(57-9)47(69)65-45(55(3,4)5)53(75)67-29-35(25-43(67)51(73)63-39-23-15-19-33-17-11-13-21-37(33)39)61-49(71)41-27-60-42(28-59-41)50(72)62-36-26-44(52(74)64-40-24-16-20-34-18-12-14-22-38(34)40)68(30-36)54(76)46(56(6,7)8)66-48(70)32(2)58-10/h11-14,17-18,21-22,27-28,31-32,35-36,39-40,43-46,57-58H,15-16,19-20,23-26,29-30H2,1-10H3,(H,61,71)(H,62,72)(H,63,73)(H,64,74)(H,65,69)(H,66,70)/t31-,32-,35-,36-,39+,40+,43-,44-,45+,46+/m0/s1. The van der Waals surface area contributed by atoms with Crippen molar-refractivity contribution in [3.63, 3.8) is 0 Å². The van der Waals surface area contributed by atoms with Crippen molar-refractivity contribution in [3.05, 3.63) is 94.6 Å². The second-order valence-electron chi connectivity index (χ2n) is 23.1. The number of fused-ring (bicyclic) bond motifs is 2. The Labute approximate surface area is 446 Å². The van der Waals surface area contributed by atoms with E-state index < -0.39 is 82.8 Å². The number of rotatable bonds is 16. The second kappa shape index (κ2) is 24.0. The van der Waals surface area contributed by atoms with Gasteiger partial charge in [0.1, 0.15) is 35.6 Å². The summed E-state index contributed by atoms with van der Waals surface area (Å²) in [6.45, 7) is 14.3. The van der Waals surface area contributed by atoms with Crippen LogP contribution in [0.2, 0.25) is 0 Å². The van der Waals surface area contributed by atoms with Crippen LogP contribution in [0, 0.1) is 10.8 Å². The van der Waals surface area contributed by atoms with E-state index in [1.165, 1.54) is 9.80 Å². The summed E-state index contributed by atoms with van der Waals surface area (Å²) in [7, 11) is 3.29. The van der Waals surface area contributed by atoms with E-state index in [9.17, 15) is 38.4 Å². The van der Waals surface area contributed by atoms with E-state index in [1.807, 2.05) is 77.9 Å². The van der Waals surface area contributed by atoms with Gasteiger partial charge in [0, 0.05) is 25.2 Å². The third kappa shape index (κ3) is 13.2. The van der Waals surface area contributed by atoms with Crippen LogP contribution < -0.4 is 42.5 Å². The zero-order valence-electron chi connectivity index (χ0n) is 45.7. The smallest absolute Gasteiger partial charge is 0.271 e. The number of nitrogens with one attached hydrogen (secondary N) is 8. The van der Waals surface area contributed by atoms with Crippen LogP contribution in [-0.4, -0.2) is 143 Å². The molecule has 7 rings (SSSR count). The van der Waals surface area contributed by atoms with Gasteiger partial charge >= 0.3 is 0 Å². The number of nitrogens with zero attached hydrogens (tertiary/aromatic N) is 4. The zero-order chi connectivity index (χ0) is 55.2. The molecule has 3 heterocycles. The highest BCUT2D eigenvalue weighted by molar-refractivity contribution is 5.97. The average Bonchev–Trinajstić information content (AvgIpc) is 4.03. The molecule has 0 spiro atoms. The van der Waals surface area contributed by atoms with Gasteiger partial charge in [0.15, 0.2) is 0 Å². The maximum Gasteiger partial charge on any atom is 0.271 e. The number of likely N-dealkylation sites (tertiary alicyclic amines) is 2. The highest BCUT2D eigenvalue weighted by Crippen LogP contribution is 2.34. The van der Waals surface area contributed by atoms with Crippen LogP contribution in [0.1, 0.15) is 149 Å². The fourth-order valence-corrected chi connectivity index (χ4v) is 10.7. The Morgan fingerprint density at radius 3 is 1.26 bits per heavy atom. The number of amides is 8. The number of hydrogen-bond acceptors (Lipinski definition) is 12. The van der Waals surface area contributed by atoms with Crippen LogP contribution >= 0.6 is 0 Å². The SMILES string of the molecule is CN[C@@H](C)C(=O)N[C@H](C(=O)N1C[C@@H](NC(=O)c2cnc(C(=O)N[C@H]3C[C@@H](C(=O)N[C@@H]4CCCc5ccccc54)N(C(=O)[C@@H](NC(=O)[C@H](C)NC)C(C)(C)C)C3)cn2)C[C@H]1C(=O)N[C@@H]1CCCc2ccccc21)C(C)(C)C. The number of aryl methyl sites for hydroxylation is 2. The van der Waals surface area contributed by atoms with Crippen molar-refractivity contribution in [2.45, 2.75) is 167 Å². The summed E-state index contributed by atoms with van der Waals surface area (Å²) in [5.74, 6) is -3.72. The normalized spacial score (nSPS) is 22.9. The lowest BCUT2D eigenvalue weighted by atomic mass is 9.85. The molecule has 10 atom stereocenters. The Balaban J connectivity index is 1.06. The molecule has 0 radical (unpaired) electrons. The van der Waals surface area contributed by atoms with E-state index in [0.717, 1.165) is 73.2 Å². The number of hydrogen-bond donors (Lipinski definition) is 8. The lowest BCUT2D eigenvalue weighted by Gasteiger charge is -2.36. The van der Waals surface area contributed by atoms with Crippen LogP contribution in [0.3, 0.4) is 0 Å². The molecule has 2 aromatic carbocycles. The predicted octanol–water partition coefficient (Wildman–Crippen LogP) is 2.54. The number of benzene rings is 2. The molecule has 2 saturated heterocycles. The van der Waals surface area contributed by atoms with E-state index >= 15 is 0 Å². The number of carbonyl (C=O) groups excluding carboxylic acids is 8. The molecular formula is C56H78N12O8. The third-order valence-corrected chi connectivity index (χ3v) is 15.4. The van der Waals surface area contributed by atoms with Gasteiger partial charge in [-0.3, -0.25) is 38.4 Å². The molecular weight excluding hydrogens is 969 g/mol. The second-order valence-corrected chi connectivity index (χ2v) is 23.1. The first-order chi connectivity index (χ1) is 36.0. The molecule has 410 valence electrons. The number of aromatic nitrogens is 2. The number of likely N-dealkylation sites (N-methyl/N-ethyl adjacent to an activating group) is 2. The third-order valence-electron chi connectivity index (χ3n) is 15.4. The minimum absolute atomic E-state index is 0.0341. The quantitative estimate of drug-likeness (QED) is 0.103. The molecule has 2 fully saturated rings. The summed E-state index contributed by atoms with van der Waals surface area (Å²) in [5, 5.41) is 23.8. The number of carbonyl (C=O) groups is 8. The Hall–Kier alpha value is -6.80. The van der Waals surface area contributed by atoms with Crippen molar-refractivity contribution in [1.82, 2.24) is 62.3 Å². The van der Waals surface area contributed by atoms with Crippen LogP contribution in [-0.2, 0) is 41.6 Å². The van der Waals surface area contributed by atoms with Crippen molar-refractivity contribution in [1.29, 1.82) is 0 Å². The first-order valence-electron chi connectivity index (χ1n) is 26.7. The molecule has 20 nitrogen and oxygen atoms in total. The van der Waals surface area contributed by atoms with Crippen LogP contribution in [0.25, 0.3) is 0 Å². The average molecular weight is 1050 g/mol. The largest absolute Gasteiger partial charge is 0.347 e. The summed E-state index contributed by atoms with van der Waals surface area (Å²) < 4.78 is 0. The van der Waals surface area contributed by atoms with E-state index in [2.05, 4.69) is 64.6 Å². The Kier molecular flexibility index (Phi) is 18.0. The molecule has 20 heteroatoms. The maximum atomic E-state index is 14.6. The van der Waals surface area contributed by atoms with Crippen molar-refractivity contribution in [2.24, 2.45) is 10.8 Å². The zero-order valence-corrected chi connectivity index (χ0v) is 45.7. The van der Waals surface area contributed by atoms with Crippen LogP contribution in [0.15, 0.2) is 60.9 Å². The summed E-state index contributed by atoms with van der Waals surface area (Å²) in [5.41, 5.74) is 2.62. The van der Waals surface area contributed by atoms with Crippen molar-refractivity contribution < 1.29 is 38.4 Å². The van der Waals surface area contributed by atoms with Crippen molar-refractivity contribution >= 4 is 47.3 Å². The molecule has 2 aliphatic heterocycles. The molecule has 8 amide bonds. The van der Waals surface area contributed by atoms with Gasteiger partial charge < -0.3 is 52.3 Å². The van der Waals surface area contributed by atoms with Gasteiger partial charge in [-0.25, -0.2) is 9.97 Å². The van der Waals surface area contributed by atoms with E-state index in [1.54, 1.807) is 27.9 Å². The first kappa shape index (κ1) is 56.9. The van der Waals surface area contributed by atoms with E-state index in [4.69, 9.17) is 0 Å². The fourth-order valence-electron chi connectivity index (χ4n) is 10.7. The molecule has 3 aromatic rings. The lowest BCUT2D eigenvalue weighted by molar-refractivity contribution is -0.144. The Morgan fingerprint density at radius 2 is 0.921 bits per heavy atom. The molecule has 1 aromatic heterocycles. The van der Waals surface area contributed by atoms with Crippen molar-refractivity contribution in [3.8, 4) is 0 Å². The molecule has 2 aliphatic carbocycles. The minimum Gasteiger partial charge on any atom is -0.347 e. The van der Waals surface area contributed by atoms with E-state index in [0.29, 0.717) is 0 Å². The molecule has 8 N–H and O–H groups in total. The fraction of sp³-hybridized carbons (Fsp3) is 0.571. The van der Waals surface area contributed by atoms with Gasteiger partial charge in [-0.1, -0.05) is 90.1 Å². The Bertz CT molecular complexity index is 2470. The molecule has 0 bridgehead atoms. The first-order valence-corrected chi connectivity index (χ1v) is 26.7. The van der Waals surface area contributed by atoms with Crippen molar-refractivity contribution in [2.75, 3.05) is 27.2 Å². The summed E-state index contributed by atoms with van der Waals surface area (Å²) in [4.78, 5) is 124. The van der Waals surface area contributed by atoms with Gasteiger partial charge in [0.05, 0.1) is 36.6 Å². The van der Waals surface area contributed by atoms with Crippen LogP contribution in [0.4, 0.5) is 0 Å². The predicted molar refractivity (Wildman–Crippen MR) is 285 cm³/mol. The molecule has 4 aliphatic rings. The van der Waals surface area contributed by atoms with Gasteiger partial charge in [0.2, 0.25) is 35.4 Å². The summed E-state index contributed by atoms with van der Waals surface area (Å²) in [6, 6.07) is 8.84. The van der Waals surface area contributed by atoms with Gasteiger partial charge in [0.25, 0.3) is 11.8 Å². The minimum atomic E-state index is -1.00. The van der Waals surface area contributed by atoms with Gasteiger partial charge in [-0.2, -0.15) is 0 Å². The maximum absolute atomic E-state index is 14.6. The summed E-state index contributed by atoms with van der Waals surface area (Å²) in [6.07, 6.45) is 7.47. The lowest BCUT2D eigenvalue weighted by Crippen LogP contribution is -2.59. The monoisotopic (exact) mass is 1050 g/mol. The van der Waals surface area contributed by atoms with E-state index in [-0.39, 0.29) is 73.0 Å². The molecule has 0 unspecified atom stereocenters. The highest BCUT2D eigenvalue weighted by Gasteiger charge is 2.48. The Morgan fingerprint density at radius 1 is 0.553 bits per heavy atom. The van der Waals surface area contributed by atoms with Gasteiger partial charge in [-0.05, 0) is 112 Å². The topological polar surface area (TPSA) is 265 Å². The summed E-state index contributed by atoms with van der Waals surface area (Å²) >= 11 is 0. The highest BCUT2D eigenvalue weighted by atomic mass is 16.2. The molecule has 0 saturated carbocycles. The van der Waals surface area contributed by atoms with Gasteiger partial charge in [-0.15, -0.1) is 0 Å².